The Morgan fingerprint density at radius 1 is 1.35 bits per heavy atom. The van der Waals surface area contributed by atoms with Gasteiger partial charge in [-0.25, -0.2) is 0 Å². The lowest BCUT2D eigenvalue weighted by molar-refractivity contribution is -0.144. The zero-order valence-electron chi connectivity index (χ0n) is 10.8. The summed E-state index contributed by atoms with van der Waals surface area (Å²) in [6, 6.07) is 0. The summed E-state index contributed by atoms with van der Waals surface area (Å²) in [5, 5.41) is 12.6. The van der Waals surface area contributed by atoms with Crippen LogP contribution in [0.3, 0.4) is 0 Å². The van der Waals surface area contributed by atoms with Gasteiger partial charge in [-0.15, -0.1) is 0 Å². The number of unbranched alkanes of at least 4 members (excludes halogenated alkanes) is 1. The first kappa shape index (κ1) is 14.8. The first-order valence-corrected chi connectivity index (χ1v) is 8.07. The largest absolute Gasteiger partial charge is 0.481 e. The molecule has 0 aliphatic heterocycles. The number of rotatable bonds is 8. The van der Waals surface area contributed by atoms with Crippen molar-refractivity contribution in [1.29, 1.82) is 0 Å². The molecule has 4 heteroatoms. The molecule has 1 saturated carbocycles. The summed E-state index contributed by atoms with van der Waals surface area (Å²) in [6.45, 7) is 1.92. The molecule has 0 aromatic rings. The number of hydrogen-bond acceptors (Lipinski definition) is 3. The summed E-state index contributed by atoms with van der Waals surface area (Å²) in [5.41, 5.74) is 0. The quantitative estimate of drug-likeness (QED) is 0.658. The fourth-order valence-electron chi connectivity index (χ4n) is 2.56. The predicted molar refractivity (Wildman–Crippen MR) is 73.6 cm³/mol. The molecule has 1 fully saturated rings. The number of carboxylic acids is 1. The first-order chi connectivity index (χ1) is 8.25. The molecule has 0 aromatic carbocycles. The van der Waals surface area contributed by atoms with Crippen LogP contribution in [0.15, 0.2) is 0 Å². The second kappa shape index (κ2) is 8.81. The zero-order valence-corrected chi connectivity index (χ0v) is 11.6. The molecule has 0 heterocycles. The molecule has 2 N–H and O–H groups in total. The van der Waals surface area contributed by atoms with Crippen LogP contribution in [0.2, 0.25) is 0 Å². The van der Waals surface area contributed by atoms with Crippen LogP contribution in [0.1, 0.15) is 38.5 Å². The normalized spacial score (nSPS) is 24.8. The number of nitrogens with one attached hydrogen (secondary N) is 1. The van der Waals surface area contributed by atoms with Gasteiger partial charge in [-0.2, -0.15) is 11.8 Å². The molecule has 3 nitrogen and oxygen atoms in total. The van der Waals surface area contributed by atoms with Gasteiger partial charge in [-0.3, -0.25) is 4.79 Å². The van der Waals surface area contributed by atoms with Gasteiger partial charge in [0.15, 0.2) is 0 Å². The van der Waals surface area contributed by atoms with E-state index in [0.29, 0.717) is 5.92 Å². The SMILES string of the molecule is CSCCCCNCC1CCCCC1C(=O)O. The minimum atomic E-state index is -0.598. The maximum Gasteiger partial charge on any atom is 0.306 e. The molecule has 1 rings (SSSR count). The third-order valence-corrected chi connectivity index (χ3v) is 4.28. The molecule has 2 unspecified atom stereocenters. The summed E-state index contributed by atoms with van der Waals surface area (Å²) in [7, 11) is 0. The Kier molecular flexibility index (Phi) is 7.69. The topological polar surface area (TPSA) is 49.3 Å². The summed E-state index contributed by atoms with van der Waals surface area (Å²) >= 11 is 1.89. The molecule has 17 heavy (non-hydrogen) atoms. The Labute approximate surface area is 109 Å². The van der Waals surface area contributed by atoms with Crippen LogP contribution >= 0.6 is 11.8 Å². The highest BCUT2D eigenvalue weighted by atomic mass is 32.2. The van der Waals surface area contributed by atoms with E-state index in [-0.39, 0.29) is 5.92 Å². The number of carboxylic acid groups (broad SMARTS) is 1. The van der Waals surface area contributed by atoms with Gasteiger partial charge in [-0.05, 0) is 56.7 Å². The fourth-order valence-corrected chi connectivity index (χ4v) is 3.05. The number of carbonyl (C=O) groups is 1. The van der Waals surface area contributed by atoms with Gasteiger partial charge in [0, 0.05) is 0 Å². The molecule has 0 spiro atoms. The second-order valence-corrected chi connectivity index (χ2v) is 5.88. The Bertz CT molecular complexity index is 223. The lowest BCUT2D eigenvalue weighted by atomic mass is 9.79. The fraction of sp³-hybridized carbons (Fsp3) is 0.923. The Balaban J connectivity index is 2.13. The minimum Gasteiger partial charge on any atom is -0.481 e. The van der Waals surface area contributed by atoms with Crippen molar-refractivity contribution < 1.29 is 9.90 Å². The molecule has 0 saturated heterocycles. The van der Waals surface area contributed by atoms with E-state index in [9.17, 15) is 4.79 Å². The highest BCUT2D eigenvalue weighted by Gasteiger charge is 2.30. The van der Waals surface area contributed by atoms with E-state index in [1.165, 1.54) is 25.0 Å². The highest BCUT2D eigenvalue weighted by Crippen LogP contribution is 2.29. The molecule has 1 aliphatic rings. The van der Waals surface area contributed by atoms with Crippen molar-refractivity contribution in [1.82, 2.24) is 5.32 Å². The first-order valence-electron chi connectivity index (χ1n) is 6.68. The van der Waals surface area contributed by atoms with Crippen LogP contribution in [0.25, 0.3) is 0 Å². The molecular weight excluding hydrogens is 234 g/mol. The van der Waals surface area contributed by atoms with Crippen LogP contribution < -0.4 is 5.32 Å². The average molecular weight is 259 g/mol. The van der Waals surface area contributed by atoms with Gasteiger partial charge in [0.2, 0.25) is 0 Å². The predicted octanol–water partition coefficient (Wildman–Crippen LogP) is 2.61. The Morgan fingerprint density at radius 3 is 2.82 bits per heavy atom. The average Bonchev–Trinajstić information content (AvgIpc) is 2.34. The van der Waals surface area contributed by atoms with Crippen molar-refractivity contribution in [3.63, 3.8) is 0 Å². The van der Waals surface area contributed by atoms with Crippen LogP contribution in [0.4, 0.5) is 0 Å². The number of thioether (sulfide) groups is 1. The summed E-state index contributed by atoms with van der Waals surface area (Å²) in [4.78, 5) is 11.1. The third-order valence-electron chi connectivity index (χ3n) is 3.58. The maximum absolute atomic E-state index is 11.1. The Morgan fingerprint density at radius 2 is 2.12 bits per heavy atom. The van der Waals surface area contributed by atoms with Gasteiger partial charge >= 0.3 is 5.97 Å². The molecule has 0 radical (unpaired) electrons. The zero-order chi connectivity index (χ0) is 12.5. The van der Waals surface area contributed by atoms with Crippen LogP contribution in [-0.2, 0) is 4.79 Å². The minimum absolute atomic E-state index is 0.109. The Hall–Kier alpha value is -0.220. The van der Waals surface area contributed by atoms with Crippen molar-refractivity contribution in [3.8, 4) is 0 Å². The third kappa shape index (κ3) is 5.77. The molecule has 0 aromatic heterocycles. The van der Waals surface area contributed by atoms with Crippen molar-refractivity contribution in [2.45, 2.75) is 38.5 Å². The van der Waals surface area contributed by atoms with Gasteiger partial charge in [-0.1, -0.05) is 12.8 Å². The number of hydrogen-bond donors (Lipinski definition) is 2. The van der Waals surface area contributed by atoms with Crippen LogP contribution in [-0.4, -0.2) is 36.2 Å². The van der Waals surface area contributed by atoms with E-state index in [0.717, 1.165) is 32.4 Å². The standard InChI is InChI=1S/C13H25NO2S/c1-17-9-5-4-8-14-10-11-6-2-3-7-12(11)13(15)16/h11-12,14H,2-10H2,1H3,(H,15,16). The van der Waals surface area contributed by atoms with Gasteiger partial charge in [0.1, 0.15) is 0 Å². The lowest BCUT2D eigenvalue weighted by Crippen LogP contribution is -2.35. The van der Waals surface area contributed by atoms with E-state index in [2.05, 4.69) is 11.6 Å². The van der Waals surface area contributed by atoms with Crippen molar-refractivity contribution in [3.05, 3.63) is 0 Å². The summed E-state index contributed by atoms with van der Waals surface area (Å²) < 4.78 is 0. The van der Waals surface area contributed by atoms with Gasteiger partial charge in [0.25, 0.3) is 0 Å². The van der Waals surface area contributed by atoms with E-state index >= 15 is 0 Å². The molecule has 1 aliphatic carbocycles. The maximum atomic E-state index is 11.1. The van der Waals surface area contributed by atoms with E-state index < -0.39 is 5.97 Å². The van der Waals surface area contributed by atoms with Crippen molar-refractivity contribution in [2.75, 3.05) is 25.1 Å². The smallest absolute Gasteiger partial charge is 0.306 e. The summed E-state index contributed by atoms with van der Waals surface area (Å²) in [5.74, 6) is 0.867. The van der Waals surface area contributed by atoms with Crippen LogP contribution in [0.5, 0.6) is 0 Å². The lowest BCUT2D eigenvalue weighted by Gasteiger charge is -2.28. The monoisotopic (exact) mass is 259 g/mol. The highest BCUT2D eigenvalue weighted by molar-refractivity contribution is 7.98. The molecule has 2 atom stereocenters. The molecule has 0 bridgehead atoms. The van der Waals surface area contributed by atoms with Gasteiger partial charge in [0.05, 0.1) is 5.92 Å². The summed E-state index contributed by atoms with van der Waals surface area (Å²) in [6.07, 6.45) is 8.81. The van der Waals surface area contributed by atoms with E-state index in [1.807, 2.05) is 11.8 Å². The van der Waals surface area contributed by atoms with Crippen LogP contribution in [0, 0.1) is 11.8 Å². The van der Waals surface area contributed by atoms with Crippen molar-refractivity contribution >= 4 is 17.7 Å². The van der Waals surface area contributed by atoms with Gasteiger partial charge < -0.3 is 10.4 Å². The van der Waals surface area contributed by atoms with E-state index in [1.54, 1.807) is 0 Å². The number of aliphatic carboxylic acids is 1. The second-order valence-electron chi connectivity index (χ2n) is 4.89. The molecule has 0 amide bonds. The van der Waals surface area contributed by atoms with Crippen molar-refractivity contribution in [2.24, 2.45) is 11.8 Å². The molecule has 100 valence electrons. The van der Waals surface area contributed by atoms with E-state index in [4.69, 9.17) is 5.11 Å². The molecular formula is C13H25NO2S.